The predicted molar refractivity (Wildman–Crippen MR) is 111 cm³/mol. The molecule has 32 heavy (non-hydrogen) atoms. The SMILES string of the molecule is COP(=O)(O)/C=C/[C@H]1O[C@@H](n2cnc3c(NC(=O)c4ccccc4)ncnc32)[C@H](F)[C@@H]1O. The molecule has 2 aromatic heterocycles. The van der Waals surface area contributed by atoms with Crippen LogP contribution in [-0.4, -0.2) is 60.9 Å². The van der Waals surface area contributed by atoms with Gasteiger partial charge in [0.2, 0.25) is 0 Å². The van der Waals surface area contributed by atoms with E-state index >= 15 is 0 Å². The Morgan fingerprint density at radius 1 is 1.31 bits per heavy atom. The smallest absolute Gasteiger partial charge is 0.351 e. The van der Waals surface area contributed by atoms with E-state index in [4.69, 9.17) is 4.74 Å². The van der Waals surface area contributed by atoms with Crippen molar-refractivity contribution in [2.75, 3.05) is 12.4 Å². The van der Waals surface area contributed by atoms with Crippen molar-refractivity contribution < 1.29 is 33.0 Å². The van der Waals surface area contributed by atoms with Gasteiger partial charge in [-0.1, -0.05) is 18.2 Å². The summed E-state index contributed by atoms with van der Waals surface area (Å²) >= 11 is 0. The summed E-state index contributed by atoms with van der Waals surface area (Å²) < 4.78 is 37.6. The van der Waals surface area contributed by atoms with Crippen LogP contribution in [0.2, 0.25) is 0 Å². The van der Waals surface area contributed by atoms with Crippen LogP contribution in [0.25, 0.3) is 11.2 Å². The van der Waals surface area contributed by atoms with Crippen LogP contribution in [-0.2, 0) is 13.8 Å². The maximum atomic E-state index is 14.8. The van der Waals surface area contributed by atoms with Crippen molar-refractivity contribution in [3.05, 3.63) is 60.4 Å². The zero-order valence-electron chi connectivity index (χ0n) is 16.6. The number of halogens is 1. The number of nitrogens with zero attached hydrogens (tertiary/aromatic N) is 4. The Bertz CT molecular complexity index is 1210. The summed E-state index contributed by atoms with van der Waals surface area (Å²) in [4.78, 5) is 34.2. The highest BCUT2D eigenvalue weighted by atomic mass is 31.2. The van der Waals surface area contributed by atoms with E-state index in [0.29, 0.717) is 5.56 Å². The van der Waals surface area contributed by atoms with Gasteiger partial charge in [0.15, 0.2) is 29.4 Å². The first kappa shape index (κ1) is 22.2. The topological polar surface area (TPSA) is 149 Å². The first-order valence-electron chi connectivity index (χ1n) is 9.40. The molecule has 13 heteroatoms. The molecule has 0 radical (unpaired) electrons. The first-order valence-corrected chi connectivity index (χ1v) is 11.0. The highest BCUT2D eigenvalue weighted by Gasteiger charge is 2.45. The van der Waals surface area contributed by atoms with Gasteiger partial charge in [0.05, 0.1) is 6.33 Å². The van der Waals surface area contributed by atoms with Crippen LogP contribution >= 0.6 is 7.60 Å². The second kappa shape index (κ2) is 8.85. The van der Waals surface area contributed by atoms with Crippen LogP contribution in [0.1, 0.15) is 16.6 Å². The average molecular weight is 463 g/mol. The van der Waals surface area contributed by atoms with Crippen LogP contribution < -0.4 is 5.32 Å². The second-order valence-electron chi connectivity index (χ2n) is 6.88. The fraction of sp³-hybridized carbons (Fsp3) is 0.263. The lowest BCUT2D eigenvalue weighted by molar-refractivity contribution is -0.00168. The molecule has 3 N–H and O–H groups in total. The van der Waals surface area contributed by atoms with Crippen LogP contribution in [0.15, 0.2) is 54.9 Å². The first-order chi connectivity index (χ1) is 15.3. The van der Waals surface area contributed by atoms with E-state index in [-0.39, 0.29) is 17.0 Å². The molecule has 168 valence electrons. The lowest BCUT2D eigenvalue weighted by Crippen LogP contribution is -2.27. The number of rotatable bonds is 6. The lowest BCUT2D eigenvalue weighted by Gasteiger charge is -2.15. The maximum Gasteiger partial charge on any atom is 0.351 e. The Morgan fingerprint density at radius 2 is 2.06 bits per heavy atom. The molecule has 1 aliphatic heterocycles. The number of imidazole rings is 1. The molecule has 0 aliphatic carbocycles. The van der Waals surface area contributed by atoms with Crippen molar-refractivity contribution in [3.63, 3.8) is 0 Å². The molecule has 3 heterocycles. The van der Waals surface area contributed by atoms with Crippen molar-refractivity contribution in [2.24, 2.45) is 0 Å². The molecule has 1 aliphatic rings. The molecule has 1 fully saturated rings. The fourth-order valence-corrected chi connectivity index (χ4v) is 3.71. The normalized spacial score (nSPS) is 25.2. The third-order valence-corrected chi connectivity index (χ3v) is 5.93. The van der Waals surface area contributed by atoms with Gasteiger partial charge in [-0.05, 0) is 18.2 Å². The summed E-state index contributed by atoms with van der Waals surface area (Å²) in [5, 5.41) is 12.8. The number of hydrogen-bond donors (Lipinski definition) is 3. The summed E-state index contributed by atoms with van der Waals surface area (Å²) in [6, 6.07) is 8.49. The van der Waals surface area contributed by atoms with E-state index < -0.39 is 38.1 Å². The number of hydrogen-bond acceptors (Lipinski definition) is 8. The quantitative estimate of drug-likeness (QED) is 0.467. The molecule has 1 amide bonds. The third kappa shape index (κ3) is 4.31. The summed E-state index contributed by atoms with van der Waals surface area (Å²) in [6.45, 7) is 0. The molecule has 0 saturated carbocycles. The minimum atomic E-state index is -4.01. The highest BCUT2D eigenvalue weighted by molar-refractivity contribution is 7.56. The maximum absolute atomic E-state index is 14.8. The van der Waals surface area contributed by atoms with Crippen molar-refractivity contribution >= 4 is 30.5 Å². The summed E-state index contributed by atoms with van der Waals surface area (Å²) in [6.07, 6.45) is -2.52. The third-order valence-electron chi connectivity index (χ3n) is 4.86. The Balaban J connectivity index is 1.60. The zero-order valence-corrected chi connectivity index (χ0v) is 17.5. The number of ether oxygens (including phenoxy) is 1. The van der Waals surface area contributed by atoms with Crippen molar-refractivity contribution in [1.29, 1.82) is 0 Å². The molecule has 3 aromatic rings. The standard InChI is InChI=1S/C19H19FN5O6P/c1-30-32(28,29)8-7-12-15(26)13(20)19(31-12)25-10-23-14-16(21-9-22-17(14)25)24-18(27)11-5-3-2-4-6-11/h2-10,12-13,15,19,26H,1H3,(H,28,29)(H,21,22,24,27)/b8-7+/t12-,13-,15-,19-/m1/s1. The van der Waals surface area contributed by atoms with Gasteiger partial charge in [-0.3, -0.25) is 13.9 Å². The molecule has 1 saturated heterocycles. The van der Waals surface area contributed by atoms with Gasteiger partial charge in [-0.2, -0.15) is 0 Å². The molecule has 11 nitrogen and oxygen atoms in total. The van der Waals surface area contributed by atoms with Gasteiger partial charge in [0.1, 0.15) is 18.5 Å². The predicted octanol–water partition coefficient (Wildman–Crippen LogP) is 2.02. The molecule has 0 bridgehead atoms. The Hall–Kier alpha value is -3.02. The van der Waals surface area contributed by atoms with Crippen molar-refractivity contribution in [1.82, 2.24) is 19.5 Å². The van der Waals surface area contributed by atoms with Gasteiger partial charge in [-0.15, -0.1) is 0 Å². The van der Waals surface area contributed by atoms with E-state index in [9.17, 15) is 23.7 Å². The number of alkyl halides is 1. The van der Waals surface area contributed by atoms with E-state index in [1.54, 1.807) is 30.3 Å². The number of aliphatic hydroxyl groups excluding tert-OH is 1. The van der Waals surface area contributed by atoms with E-state index in [0.717, 1.165) is 19.0 Å². The summed E-state index contributed by atoms with van der Waals surface area (Å²) in [5.74, 6) is 0.531. The number of aliphatic hydroxyl groups is 1. The number of benzene rings is 1. The molecule has 5 atom stereocenters. The minimum Gasteiger partial charge on any atom is -0.387 e. The monoisotopic (exact) mass is 463 g/mol. The van der Waals surface area contributed by atoms with Crippen molar-refractivity contribution in [3.8, 4) is 0 Å². The van der Waals surface area contributed by atoms with Crippen LogP contribution in [0.5, 0.6) is 0 Å². The molecular formula is C19H19FN5O6P. The summed E-state index contributed by atoms with van der Waals surface area (Å²) in [5.41, 5.74) is 0.773. The van der Waals surface area contributed by atoms with E-state index in [2.05, 4.69) is 24.8 Å². The van der Waals surface area contributed by atoms with Gasteiger partial charge < -0.3 is 24.6 Å². The molecule has 1 aromatic carbocycles. The molecule has 4 rings (SSSR count). The lowest BCUT2D eigenvalue weighted by atomic mass is 10.1. The number of fused-ring (bicyclic) bond motifs is 1. The number of carbonyl (C=O) groups is 1. The Morgan fingerprint density at radius 3 is 2.78 bits per heavy atom. The number of aromatic nitrogens is 4. The van der Waals surface area contributed by atoms with E-state index in [1.807, 2.05) is 0 Å². The van der Waals surface area contributed by atoms with Gasteiger partial charge in [0, 0.05) is 18.5 Å². The molecule has 0 spiro atoms. The van der Waals surface area contributed by atoms with Crippen molar-refractivity contribution in [2.45, 2.75) is 24.6 Å². The fourth-order valence-electron chi connectivity index (χ4n) is 3.20. The highest BCUT2D eigenvalue weighted by Crippen LogP contribution is 2.43. The van der Waals surface area contributed by atoms with Gasteiger partial charge >= 0.3 is 7.60 Å². The van der Waals surface area contributed by atoms with Crippen LogP contribution in [0.3, 0.4) is 0 Å². The van der Waals surface area contributed by atoms with Gasteiger partial charge in [0.25, 0.3) is 5.91 Å². The average Bonchev–Trinajstić information content (AvgIpc) is 3.35. The van der Waals surface area contributed by atoms with Gasteiger partial charge in [-0.25, -0.2) is 19.3 Å². The number of amides is 1. The second-order valence-corrected chi connectivity index (χ2v) is 8.67. The molecular weight excluding hydrogens is 444 g/mol. The number of anilines is 1. The van der Waals surface area contributed by atoms with Crippen LogP contribution in [0.4, 0.5) is 10.2 Å². The Kier molecular flexibility index (Phi) is 6.13. The van der Waals surface area contributed by atoms with Crippen LogP contribution in [0, 0.1) is 0 Å². The Labute approximate surface area is 181 Å². The molecule has 1 unspecified atom stereocenters. The number of carbonyl (C=O) groups excluding carboxylic acids is 1. The summed E-state index contributed by atoms with van der Waals surface area (Å²) in [7, 11) is -2.97. The largest absolute Gasteiger partial charge is 0.387 e. The van der Waals surface area contributed by atoms with E-state index in [1.165, 1.54) is 17.2 Å². The number of nitrogens with one attached hydrogen (secondary N) is 1. The minimum absolute atomic E-state index is 0.120. The zero-order chi connectivity index (χ0) is 22.9.